The van der Waals surface area contributed by atoms with E-state index in [-0.39, 0.29) is 16.7 Å². The fourth-order valence-corrected chi connectivity index (χ4v) is 5.57. The van der Waals surface area contributed by atoms with Gasteiger partial charge in [-0.3, -0.25) is 4.79 Å². The summed E-state index contributed by atoms with van der Waals surface area (Å²) < 4.78 is 1.95. The minimum absolute atomic E-state index is 0.0620. The molecule has 0 unspecified atom stereocenters. The molecule has 5 rings (SSSR count). The first kappa shape index (κ1) is 18.5. The van der Waals surface area contributed by atoms with Crippen molar-refractivity contribution in [1.82, 2.24) is 14.9 Å². The van der Waals surface area contributed by atoms with Gasteiger partial charge in [-0.25, -0.2) is 4.68 Å². The van der Waals surface area contributed by atoms with Crippen molar-refractivity contribution >= 4 is 35.0 Å². The maximum Gasteiger partial charge on any atom is 0.240 e. The zero-order chi connectivity index (χ0) is 19.8. The summed E-state index contributed by atoms with van der Waals surface area (Å²) in [7, 11) is 0. The maximum absolute atomic E-state index is 13.3. The molecule has 1 aromatic heterocycles. The van der Waals surface area contributed by atoms with Gasteiger partial charge in [-0.05, 0) is 25.0 Å². The third-order valence-corrected chi connectivity index (χ3v) is 7.30. The van der Waals surface area contributed by atoms with Crippen LogP contribution in [-0.2, 0) is 4.79 Å². The molecule has 1 aliphatic carbocycles. The third-order valence-electron chi connectivity index (χ3n) is 5.59. The number of aromatic nitrogens is 3. The van der Waals surface area contributed by atoms with Gasteiger partial charge in [0.2, 0.25) is 11.1 Å². The molecule has 2 N–H and O–H groups in total. The summed E-state index contributed by atoms with van der Waals surface area (Å²) in [5.41, 5.74) is 4.91. The fraction of sp³-hybridized carbons (Fsp3) is 0.286. The Hall–Kier alpha value is -2.51. The van der Waals surface area contributed by atoms with Gasteiger partial charge in [0.05, 0.1) is 16.2 Å². The van der Waals surface area contributed by atoms with Crippen LogP contribution in [0.15, 0.2) is 59.8 Å². The van der Waals surface area contributed by atoms with Crippen molar-refractivity contribution in [2.75, 3.05) is 10.7 Å². The van der Waals surface area contributed by atoms with Gasteiger partial charge in [-0.2, -0.15) is 0 Å². The van der Waals surface area contributed by atoms with E-state index in [0.29, 0.717) is 15.9 Å². The number of fused-ring (bicyclic) bond motifs is 1. The zero-order valence-electron chi connectivity index (χ0n) is 15.6. The molecule has 1 atom stereocenters. The summed E-state index contributed by atoms with van der Waals surface area (Å²) in [6, 6.07) is 17.3. The van der Waals surface area contributed by atoms with Crippen LogP contribution in [0, 0.1) is 0 Å². The van der Waals surface area contributed by atoms with Crippen molar-refractivity contribution in [3.8, 4) is 11.4 Å². The van der Waals surface area contributed by atoms with Crippen LogP contribution in [0.2, 0.25) is 5.02 Å². The van der Waals surface area contributed by atoms with Gasteiger partial charge in [0.25, 0.3) is 0 Å². The van der Waals surface area contributed by atoms with E-state index in [1.54, 1.807) is 6.07 Å². The number of amides is 1. The number of thioether (sulfide) groups is 1. The van der Waals surface area contributed by atoms with E-state index in [1.165, 1.54) is 11.8 Å². The molecule has 0 bridgehead atoms. The van der Waals surface area contributed by atoms with Gasteiger partial charge in [-0.15, -0.1) is 10.2 Å². The van der Waals surface area contributed by atoms with Crippen molar-refractivity contribution in [2.24, 2.45) is 0 Å². The lowest BCUT2D eigenvalue weighted by molar-refractivity contribution is -0.116. The lowest BCUT2D eigenvalue weighted by Crippen LogP contribution is -2.56. The summed E-state index contributed by atoms with van der Waals surface area (Å²) in [6.07, 6.45) is 4.02. The first-order valence-corrected chi connectivity index (χ1v) is 10.9. The Labute approximate surface area is 178 Å². The number of nitrogens with zero attached hydrogens (tertiary/aromatic N) is 3. The van der Waals surface area contributed by atoms with Crippen molar-refractivity contribution < 1.29 is 4.79 Å². The van der Waals surface area contributed by atoms with Crippen LogP contribution >= 0.6 is 23.4 Å². The minimum Gasteiger partial charge on any atom is -0.324 e. The predicted octanol–water partition coefficient (Wildman–Crippen LogP) is 4.57. The van der Waals surface area contributed by atoms with Gasteiger partial charge in [0.1, 0.15) is 5.25 Å². The van der Waals surface area contributed by atoms with Crippen LogP contribution in [0.3, 0.4) is 0 Å². The third kappa shape index (κ3) is 3.28. The number of anilines is 1. The molecule has 1 saturated carbocycles. The molecule has 8 heteroatoms. The molecule has 2 heterocycles. The van der Waals surface area contributed by atoms with E-state index in [9.17, 15) is 4.79 Å². The second kappa shape index (κ2) is 7.39. The standard InChI is InChI=1S/C21H20ClN5OS/c22-15-10-4-5-11-16(15)23-19(28)17-21(12-6-7-13-21)26-27-18(24-25-20(27)29-17)14-8-2-1-3-9-14/h1-5,8-11,17,26H,6-7,12-13H2,(H,23,28)/t17-/m0/s1. The number of carbonyl (C=O) groups excluding carboxylic acids is 1. The van der Waals surface area contributed by atoms with E-state index in [1.807, 2.05) is 53.2 Å². The number of nitrogens with one attached hydrogen (secondary N) is 2. The van der Waals surface area contributed by atoms with E-state index in [0.717, 1.165) is 37.1 Å². The van der Waals surface area contributed by atoms with E-state index < -0.39 is 0 Å². The van der Waals surface area contributed by atoms with E-state index >= 15 is 0 Å². The van der Waals surface area contributed by atoms with Crippen molar-refractivity contribution in [3.05, 3.63) is 59.6 Å². The normalized spacial score (nSPS) is 19.6. The first-order chi connectivity index (χ1) is 14.2. The lowest BCUT2D eigenvalue weighted by atomic mass is 9.92. The molecule has 1 aliphatic heterocycles. The predicted molar refractivity (Wildman–Crippen MR) is 116 cm³/mol. The molecule has 1 amide bonds. The van der Waals surface area contributed by atoms with E-state index in [4.69, 9.17) is 11.6 Å². The van der Waals surface area contributed by atoms with Gasteiger partial charge >= 0.3 is 0 Å². The summed E-state index contributed by atoms with van der Waals surface area (Å²) >= 11 is 7.72. The molecular formula is C21H20ClN5OS. The second-order valence-electron chi connectivity index (χ2n) is 7.45. The van der Waals surface area contributed by atoms with Crippen molar-refractivity contribution in [2.45, 2.75) is 41.6 Å². The average Bonchev–Trinajstić information content (AvgIpc) is 3.37. The molecule has 0 saturated heterocycles. The number of carbonyl (C=O) groups is 1. The summed E-state index contributed by atoms with van der Waals surface area (Å²) in [4.78, 5) is 13.3. The van der Waals surface area contributed by atoms with Crippen LogP contribution in [0.1, 0.15) is 25.7 Å². The van der Waals surface area contributed by atoms with Crippen LogP contribution in [0.4, 0.5) is 5.69 Å². The van der Waals surface area contributed by atoms with Gasteiger partial charge in [0.15, 0.2) is 5.82 Å². The monoisotopic (exact) mass is 425 g/mol. The highest BCUT2D eigenvalue weighted by Crippen LogP contribution is 2.45. The van der Waals surface area contributed by atoms with Gasteiger partial charge in [0, 0.05) is 5.56 Å². The first-order valence-electron chi connectivity index (χ1n) is 9.67. The quantitative estimate of drug-likeness (QED) is 0.643. The van der Waals surface area contributed by atoms with Gasteiger partial charge < -0.3 is 10.7 Å². The Morgan fingerprint density at radius 3 is 2.59 bits per heavy atom. The molecule has 148 valence electrons. The molecule has 0 radical (unpaired) electrons. The second-order valence-corrected chi connectivity index (χ2v) is 8.93. The Bertz CT molecular complexity index is 1050. The average molecular weight is 426 g/mol. The Morgan fingerprint density at radius 2 is 1.83 bits per heavy atom. The van der Waals surface area contributed by atoms with Crippen LogP contribution < -0.4 is 10.7 Å². The molecular weight excluding hydrogens is 406 g/mol. The van der Waals surface area contributed by atoms with Crippen LogP contribution in [0.5, 0.6) is 0 Å². The number of hydrogen-bond acceptors (Lipinski definition) is 5. The molecule has 6 nitrogen and oxygen atoms in total. The maximum atomic E-state index is 13.3. The molecule has 3 aromatic rings. The zero-order valence-corrected chi connectivity index (χ0v) is 17.2. The topological polar surface area (TPSA) is 71.8 Å². The largest absolute Gasteiger partial charge is 0.324 e. The van der Waals surface area contributed by atoms with Gasteiger partial charge in [-0.1, -0.05) is 78.7 Å². The molecule has 1 spiro atoms. The number of para-hydroxylation sites is 1. The number of halogens is 1. The number of hydrogen-bond donors (Lipinski definition) is 2. The highest BCUT2D eigenvalue weighted by molar-refractivity contribution is 8.00. The molecule has 2 aromatic carbocycles. The number of rotatable bonds is 3. The summed E-state index contributed by atoms with van der Waals surface area (Å²) in [5, 5.41) is 12.7. The Morgan fingerprint density at radius 1 is 1.10 bits per heavy atom. The smallest absolute Gasteiger partial charge is 0.240 e. The molecule has 2 aliphatic rings. The van der Waals surface area contributed by atoms with Crippen LogP contribution in [0.25, 0.3) is 11.4 Å². The van der Waals surface area contributed by atoms with Crippen molar-refractivity contribution in [3.63, 3.8) is 0 Å². The Balaban J connectivity index is 1.49. The summed E-state index contributed by atoms with van der Waals surface area (Å²) in [6.45, 7) is 0. The molecule has 29 heavy (non-hydrogen) atoms. The SMILES string of the molecule is O=C(Nc1ccccc1Cl)[C@@H]1Sc2nnc(-c3ccccc3)n2NC12CCCC2. The van der Waals surface area contributed by atoms with E-state index in [2.05, 4.69) is 20.9 Å². The molecule has 1 fully saturated rings. The minimum atomic E-state index is -0.338. The lowest BCUT2D eigenvalue weighted by Gasteiger charge is -2.41. The Kier molecular flexibility index (Phi) is 4.72. The summed E-state index contributed by atoms with van der Waals surface area (Å²) in [5.74, 6) is 0.706. The fourth-order valence-electron chi connectivity index (χ4n) is 4.17. The highest BCUT2D eigenvalue weighted by atomic mass is 35.5. The highest BCUT2D eigenvalue weighted by Gasteiger charge is 2.50. The van der Waals surface area contributed by atoms with Crippen LogP contribution in [-0.4, -0.2) is 31.6 Å². The number of benzene rings is 2. The van der Waals surface area contributed by atoms with Crippen molar-refractivity contribution in [1.29, 1.82) is 0 Å².